The van der Waals surface area contributed by atoms with Crippen LogP contribution in [-0.2, 0) is 17.8 Å². The molecule has 3 N–H and O–H groups in total. The van der Waals surface area contributed by atoms with Crippen molar-refractivity contribution in [3.05, 3.63) is 58.5 Å². The van der Waals surface area contributed by atoms with Gasteiger partial charge in [0, 0.05) is 36.9 Å². The molecule has 0 bridgehead atoms. The van der Waals surface area contributed by atoms with Crippen molar-refractivity contribution in [1.82, 2.24) is 10.2 Å². The lowest BCUT2D eigenvalue weighted by molar-refractivity contribution is -0.119. The van der Waals surface area contributed by atoms with E-state index in [1.807, 2.05) is 24.3 Å². The number of hydrogen-bond donors (Lipinski definition) is 2. The minimum Gasteiger partial charge on any atom is -0.469 e. The standard InChI is InChI=1S/C21H27BrN4O2.HI/c22-18-7-5-16(6-8-18)14-25-21(24-10-9-19-4-2-12-28-19)26-11-1-3-17(15-26)13-20(23)27;/h2,4-8,12,17H,1,3,9-11,13-15H2,(H2,23,27)(H,24,25);1H. The Morgan fingerprint density at radius 2 is 2.10 bits per heavy atom. The van der Waals surface area contributed by atoms with Crippen LogP contribution in [0.15, 0.2) is 56.5 Å². The molecule has 1 aromatic heterocycles. The normalized spacial score (nSPS) is 16.9. The number of nitrogens with two attached hydrogens (primary N) is 1. The van der Waals surface area contributed by atoms with Crippen molar-refractivity contribution in [2.24, 2.45) is 16.6 Å². The van der Waals surface area contributed by atoms with Crippen LogP contribution in [0.2, 0.25) is 0 Å². The predicted molar refractivity (Wildman–Crippen MR) is 129 cm³/mol. The number of carbonyl (C=O) groups excluding carboxylic acids is 1. The molecule has 1 aliphatic rings. The van der Waals surface area contributed by atoms with Gasteiger partial charge in [-0.15, -0.1) is 24.0 Å². The topological polar surface area (TPSA) is 83.9 Å². The molecule has 1 aromatic carbocycles. The van der Waals surface area contributed by atoms with E-state index in [0.29, 0.717) is 13.0 Å². The number of nitrogens with one attached hydrogen (secondary N) is 1. The number of likely N-dealkylation sites (tertiary alicyclic amines) is 1. The number of nitrogens with zero attached hydrogens (tertiary/aromatic N) is 2. The number of piperidine rings is 1. The summed E-state index contributed by atoms with van der Waals surface area (Å²) in [6, 6.07) is 12.1. The maximum absolute atomic E-state index is 11.3. The molecule has 2 aromatic rings. The first-order valence-corrected chi connectivity index (χ1v) is 10.5. The molecule has 1 fully saturated rings. The molecule has 1 aliphatic heterocycles. The lowest BCUT2D eigenvalue weighted by Gasteiger charge is -2.34. The second-order valence-electron chi connectivity index (χ2n) is 7.15. The SMILES string of the molecule is I.NC(=O)CC1CCCN(C(=NCc2ccc(Br)cc2)NCCc2ccco2)C1. The van der Waals surface area contributed by atoms with Crippen molar-refractivity contribution in [2.75, 3.05) is 19.6 Å². The Bertz CT molecular complexity index is 780. The first-order chi connectivity index (χ1) is 13.6. The van der Waals surface area contributed by atoms with Crippen LogP contribution in [0.4, 0.5) is 0 Å². The molecule has 8 heteroatoms. The second-order valence-corrected chi connectivity index (χ2v) is 8.06. The van der Waals surface area contributed by atoms with E-state index in [1.54, 1.807) is 6.26 Å². The minimum atomic E-state index is -0.231. The van der Waals surface area contributed by atoms with Gasteiger partial charge >= 0.3 is 0 Å². The lowest BCUT2D eigenvalue weighted by Crippen LogP contribution is -2.47. The first kappa shape index (κ1) is 23.7. The molecule has 29 heavy (non-hydrogen) atoms. The molecule has 1 saturated heterocycles. The van der Waals surface area contributed by atoms with Crippen LogP contribution >= 0.6 is 39.9 Å². The molecule has 0 saturated carbocycles. The number of benzene rings is 1. The van der Waals surface area contributed by atoms with E-state index in [9.17, 15) is 4.79 Å². The third kappa shape index (κ3) is 8.00. The highest BCUT2D eigenvalue weighted by molar-refractivity contribution is 14.0. The number of carbonyl (C=O) groups is 1. The van der Waals surface area contributed by atoms with Crippen molar-refractivity contribution >= 4 is 51.8 Å². The maximum atomic E-state index is 11.3. The molecule has 0 aliphatic carbocycles. The Morgan fingerprint density at radius 1 is 1.31 bits per heavy atom. The van der Waals surface area contributed by atoms with E-state index in [4.69, 9.17) is 15.1 Å². The molecule has 158 valence electrons. The fourth-order valence-corrected chi connectivity index (χ4v) is 3.75. The molecule has 3 rings (SSSR count). The summed E-state index contributed by atoms with van der Waals surface area (Å²) in [4.78, 5) is 18.4. The van der Waals surface area contributed by atoms with Crippen LogP contribution in [-0.4, -0.2) is 36.4 Å². The monoisotopic (exact) mass is 574 g/mol. The number of furan rings is 1. The number of aliphatic imine (C=N–C) groups is 1. The molecule has 0 spiro atoms. The zero-order valence-corrected chi connectivity index (χ0v) is 20.3. The number of halogens is 2. The number of guanidine groups is 1. The van der Waals surface area contributed by atoms with Gasteiger partial charge in [0.1, 0.15) is 5.76 Å². The Kier molecular flexibility index (Phi) is 9.99. The molecule has 1 unspecified atom stereocenters. The molecule has 1 atom stereocenters. The van der Waals surface area contributed by atoms with Crippen molar-refractivity contribution in [3.63, 3.8) is 0 Å². The van der Waals surface area contributed by atoms with Crippen LogP contribution in [0, 0.1) is 5.92 Å². The van der Waals surface area contributed by atoms with E-state index in [1.165, 1.54) is 0 Å². The van der Waals surface area contributed by atoms with Crippen molar-refractivity contribution in [1.29, 1.82) is 0 Å². The Balaban J connectivity index is 0.00000300. The molecule has 2 heterocycles. The number of amides is 1. The number of primary amides is 1. The van der Waals surface area contributed by atoms with Gasteiger partial charge in [-0.05, 0) is 48.6 Å². The molecular weight excluding hydrogens is 547 g/mol. The summed E-state index contributed by atoms with van der Waals surface area (Å²) in [5, 5.41) is 3.47. The van der Waals surface area contributed by atoms with Gasteiger partial charge in [-0.25, -0.2) is 4.99 Å². The van der Waals surface area contributed by atoms with Crippen molar-refractivity contribution in [2.45, 2.75) is 32.2 Å². The summed E-state index contributed by atoms with van der Waals surface area (Å²) < 4.78 is 6.47. The molecular formula is C21H28BrIN4O2. The predicted octanol–water partition coefficient (Wildman–Crippen LogP) is 3.94. The van der Waals surface area contributed by atoms with E-state index < -0.39 is 0 Å². The van der Waals surface area contributed by atoms with Crippen LogP contribution in [0.5, 0.6) is 0 Å². The fraction of sp³-hybridized carbons (Fsp3) is 0.429. The van der Waals surface area contributed by atoms with Gasteiger partial charge in [0.05, 0.1) is 12.8 Å². The highest BCUT2D eigenvalue weighted by Gasteiger charge is 2.23. The zero-order chi connectivity index (χ0) is 19.8. The van der Waals surface area contributed by atoms with E-state index in [2.05, 4.69) is 38.3 Å². The number of hydrogen-bond acceptors (Lipinski definition) is 3. The summed E-state index contributed by atoms with van der Waals surface area (Å²) >= 11 is 3.46. The van der Waals surface area contributed by atoms with Crippen molar-refractivity contribution in [3.8, 4) is 0 Å². The van der Waals surface area contributed by atoms with Crippen LogP contribution in [0.3, 0.4) is 0 Å². The first-order valence-electron chi connectivity index (χ1n) is 9.68. The zero-order valence-electron chi connectivity index (χ0n) is 16.4. The summed E-state index contributed by atoms with van der Waals surface area (Å²) in [7, 11) is 0. The minimum absolute atomic E-state index is 0. The van der Waals surface area contributed by atoms with Gasteiger partial charge in [-0.2, -0.15) is 0 Å². The van der Waals surface area contributed by atoms with E-state index in [0.717, 1.165) is 60.7 Å². The Labute approximate surface area is 197 Å². The molecule has 6 nitrogen and oxygen atoms in total. The van der Waals surface area contributed by atoms with Crippen LogP contribution < -0.4 is 11.1 Å². The third-order valence-corrected chi connectivity index (χ3v) is 5.40. The fourth-order valence-electron chi connectivity index (χ4n) is 3.48. The molecule has 0 radical (unpaired) electrons. The third-order valence-electron chi connectivity index (χ3n) is 4.87. The number of rotatable bonds is 7. The summed E-state index contributed by atoms with van der Waals surface area (Å²) in [5.74, 6) is 1.88. The highest BCUT2D eigenvalue weighted by atomic mass is 127. The Hall–Kier alpha value is -1.55. The van der Waals surface area contributed by atoms with E-state index >= 15 is 0 Å². The van der Waals surface area contributed by atoms with Crippen molar-refractivity contribution < 1.29 is 9.21 Å². The molecule has 1 amide bonds. The van der Waals surface area contributed by atoms with Gasteiger partial charge in [-0.3, -0.25) is 4.79 Å². The van der Waals surface area contributed by atoms with E-state index in [-0.39, 0.29) is 35.8 Å². The Morgan fingerprint density at radius 3 is 2.79 bits per heavy atom. The van der Waals surface area contributed by atoms with Gasteiger partial charge < -0.3 is 20.4 Å². The lowest BCUT2D eigenvalue weighted by atomic mass is 9.95. The summed E-state index contributed by atoms with van der Waals surface area (Å²) in [6.45, 7) is 3.08. The summed E-state index contributed by atoms with van der Waals surface area (Å²) in [5.41, 5.74) is 6.56. The van der Waals surface area contributed by atoms with Gasteiger partial charge in [-0.1, -0.05) is 28.1 Å². The average molecular weight is 575 g/mol. The smallest absolute Gasteiger partial charge is 0.217 e. The average Bonchev–Trinajstić information content (AvgIpc) is 3.19. The largest absolute Gasteiger partial charge is 0.469 e. The highest BCUT2D eigenvalue weighted by Crippen LogP contribution is 2.20. The quantitative estimate of drug-likeness (QED) is 0.298. The summed E-state index contributed by atoms with van der Waals surface area (Å²) in [6.07, 6.45) is 4.99. The van der Waals surface area contributed by atoms with Gasteiger partial charge in [0.2, 0.25) is 5.91 Å². The van der Waals surface area contributed by atoms with Crippen LogP contribution in [0.1, 0.15) is 30.6 Å². The van der Waals surface area contributed by atoms with Gasteiger partial charge in [0.25, 0.3) is 0 Å². The van der Waals surface area contributed by atoms with Gasteiger partial charge in [0.15, 0.2) is 5.96 Å². The maximum Gasteiger partial charge on any atom is 0.217 e. The second kappa shape index (κ2) is 12.2. The van der Waals surface area contributed by atoms with Crippen LogP contribution in [0.25, 0.3) is 0 Å².